The van der Waals surface area contributed by atoms with Crippen LogP contribution in [-0.2, 0) is 0 Å². The molecule has 4 rings (SSSR count). The molecule has 20 heavy (non-hydrogen) atoms. The zero-order valence-corrected chi connectivity index (χ0v) is 13.4. The van der Waals surface area contributed by atoms with E-state index < -0.39 is 0 Å². The molecule has 4 aliphatic rings. The first-order chi connectivity index (χ1) is 9.56. The first kappa shape index (κ1) is 13.6. The molecule has 4 saturated carbocycles. The summed E-state index contributed by atoms with van der Waals surface area (Å²) in [6.45, 7) is 5.00. The van der Waals surface area contributed by atoms with Crippen LogP contribution in [0.2, 0.25) is 0 Å². The fourth-order valence-corrected chi connectivity index (χ4v) is 7.25. The average molecular weight is 276 g/mol. The molecule has 0 amide bonds. The molecule has 1 nitrogen and oxygen atoms in total. The molecule has 6 unspecified atom stereocenters. The van der Waals surface area contributed by atoms with Crippen molar-refractivity contribution in [1.82, 2.24) is 0 Å². The Bertz CT molecular complexity index is 391. The fraction of sp³-hybridized carbons (Fsp3) is 1.00. The number of aliphatic hydroxyl groups excluding tert-OH is 1. The van der Waals surface area contributed by atoms with Crippen LogP contribution in [0.3, 0.4) is 0 Å². The van der Waals surface area contributed by atoms with E-state index in [1.54, 1.807) is 0 Å². The van der Waals surface area contributed by atoms with Crippen LogP contribution in [0.15, 0.2) is 0 Å². The normalized spacial score (nSPS) is 58.6. The van der Waals surface area contributed by atoms with Crippen LogP contribution in [0, 0.1) is 34.5 Å². The molecule has 0 radical (unpaired) electrons. The molecule has 0 aromatic carbocycles. The number of rotatable bonds is 0. The molecule has 0 bridgehead atoms. The van der Waals surface area contributed by atoms with E-state index in [9.17, 15) is 5.11 Å². The second-order valence-electron chi connectivity index (χ2n) is 9.05. The van der Waals surface area contributed by atoms with Gasteiger partial charge in [-0.05, 0) is 79.4 Å². The lowest BCUT2D eigenvalue weighted by Gasteiger charge is -2.61. The second-order valence-corrected chi connectivity index (χ2v) is 9.05. The van der Waals surface area contributed by atoms with Crippen molar-refractivity contribution in [3.63, 3.8) is 0 Å². The van der Waals surface area contributed by atoms with Gasteiger partial charge in [-0.2, -0.15) is 0 Å². The zero-order valence-electron chi connectivity index (χ0n) is 13.4. The molecule has 0 saturated heterocycles. The standard InChI is InChI=1S/C19H32O/c1-18-10-4-3-6-13(18)8-9-14-15-7-5-11-19(15,2)17(20)12-16(14)18/h13-17,20H,3-12H2,1-2H3/t13?,14?,15?,16?,17-,18?,19?/m0/s1. The van der Waals surface area contributed by atoms with Crippen molar-refractivity contribution in [2.75, 3.05) is 0 Å². The lowest BCUT2D eigenvalue weighted by molar-refractivity contribution is -0.152. The summed E-state index contributed by atoms with van der Waals surface area (Å²) in [4.78, 5) is 0. The van der Waals surface area contributed by atoms with Crippen LogP contribution in [0.5, 0.6) is 0 Å². The van der Waals surface area contributed by atoms with Crippen LogP contribution in [0.25, 0.3) is 0 Å². The molecular formula is C19H32O. The maximum Gasteiger partial charge on any atom is 0.0599 e. The molecule has 114 valence electrons. The smallest absolute Gasteiger partial charge is 0.0599 e. The first-order valence-corrected chi connectivity index (χ1v) is 9.24. The van der Waals surface area contributed by atoms with Gasteiger partial charge in [-0.15, -0.1) is 0 Å². The molecule has 0 aromatic rings. The maximum absolute atomic E-state index is 10.9. The molecule has 1 heteroatoms. The quantitative estimate of drug-likeness (QED) is 0.675. The van der Waals surface area contributed by atoms with Gasteiger partial charge in [0.2, 0.25) is 0 Å². The summed E-state index contributed by atoms with van der Waals surface area (Å²) in [6, 6.07) is 0. The van der Waals surface area contributed by atoms with Crippen LogP contribution >= 0.6 is 0 Å². The highest BCUT2D eigenvalue weighted by atomic mass is 16.3. The van der Waals surface area contributed by atoms with E-state index in [-0.39, 0.29) is 11.5 Å². The SMILES string of the molecule is CC12CCCCC1CCC1C2C[C@H](O)C2(C)CCCC12. The van der Waals surface area contributed by atoms with E-state index >= 15 is 0 Å². The Kier molecular flexibility index (Phi) is 3.05. The van der Waals surface area contributed by atoms with E-state index in [4.69, 9.17) is 0 Å². The van der Waals surface area contributed by atoms with E-state index in [2.05, 4.69) is 13.8 Å². The van der Waals surface area contributed by atoms with Gasteiger partial charge in [0.1, 0.15) is 0 Å². The Balaban J connectivity index is 1.68. The third-order valence-electron chi connectivity index (χ3n) is 8.50. The van der Waals surface area contributed by atoms with Crippen molar-refractivity contribution in [2.24, 2.45) is 34.5 Å². The van der Waals surface area contributed by atoms with Gasteiger partial charge in [0.25, 0.3) is 0 Å². The predicted octanol–water partition coefficient (Wildman–Crippen LogP) is 4.78. The minimum Gasteiger partial charge on any atom is -0.393 e. The van der Waals surface area contributed by atoms with Crippen molar-refractivity contribution < 1.29 is 5.11 Å². The summed E-state index contributed by atoms with van der Waals surface area (Å²) in [5.41, 5.74) is 0.825. The number of hydrogen-bond donors (Lipinski definition) is 1. The van der Waals surface area contributed by atoms with Gasteiger partial charge in [-0.1, -0.05) is 33.1 Å². The topological polar surface area (TPSA) is 20.2 Å². The van der Waals surface area contributed by atoms with Crippen LogP contribution in [0.1, 0.15) is 78.1 Å². The Hall–Kier alpha value is -0.0400. The zero-order chi connectivity index (χ0) is 14.0. The highest BCUT2D eigenvalue weighted by molar-refractivity contribution is 5.09. The maximum atomic E-state index is 10.9. The summed E-state index contributed by atoms with van der Waals surface area (Å²) in [7, 11) is 0. The van der Waals surface area contributed by atoms with Gasteiger partial charge in [0.05, 0.1) is 6.10 Å². The van der Waals surface area contributed by atoms with E-state index in [1.807, 2.05) is 0 Å². The monoisotopic (exact) mass is 276 g/mol. The fourth-order valence-electron chi connectivity index (χ4n) is 7.25. The molecular weight excluding hydrogens is 244 g/mol. The third-order valence-corrected chi connectivity index (χ3v) is 8.50. The summed E-state index contributed by atoms with van der Waals surface area (Å²) in [6.07, 6.45) is 13.9. The van der Waals surface area contributed by atoms with Gasteiger partial charge in [0.15, 0.2) is 0 Å². The molecule has 4 fully saturated rings. The summed E-state index contributed by atoms with van der Waals surface area (Å²) in [5.74, 6) is 3.56. The Morgan fingerprint density at radius 2 is 1.60 bits per heavy atom. The lowest BCUT2D eigenvalue weighted by atomic mass is 9.45. The number of hydrogen-bond acceptors (Lipinski definition) is 1. The highest BCUT2D eigenvalue weighted by Gasteiger charge is 2.60. The summed E-state index contributed by atoms with van der Waals surface area (Å²) >= 11 is 0. The minimum absolute atomic E-state index is 0.0197. The Labute approximate surface area is 124 Å². The van der Waals surface area contributed by atoms with Crippen molar-refractivity contribution in [3.8, 4) is 0 Å². The van der Waals surface area contributed by atoms with Crippen molar-refractivity contribution in [1.29, 1.82) is 0 Å². The van der Waals surface area contributed by atoms with E-state index in [1.165, 1.54) is 57.8 Å². The van der Waals surface area contributed by atoms with E-state index in [0.29, 0.717) is 5.41 Å². The van der Waals surface area contributed by atoms with Crippen molar-refractivity contribution >= 4 is 0 Å². The second kappa shape index (κ2) is 4.48. The summed E-state index contributed by atoms with van der Waals surface area (Å²) in [5, 5.41) is 10.9. The van der Waals surface area contributed by atoms with Gasteiger partial charge in [-0.3, -0.25) is 0 Å². The molecule has 0 aromatic heterocycles. The third kappa shape index (κ3) is 1.65. The molecule has 4 aliphatic carbocycles. The van der Waals surface area contributed by atoms with Crippen LogP contribution in [-0.4, -0.2) is 11.2 Å². The Morgan fingerprint density at radius 1 is 0.800 bits per heavy atom. The molecule has 0 heterocycles. The van der Waals surface area contributed by atoms with Gasteiger partial charge < -0.3 is 5.11 Å². The van der Waals surface area contributed by atoms with Gasteiger partial charge >= 0.3 is 0 Å². The first-order valence-electron chi connectivity index (χ1n) is 9.24. The largest absolute Gasteiger partial charge is 0.393 e. The molecule has 0 aliphatic heterocycles. The Morgan fingerprint density at radius 3 is 2.45 bits per heavy atom. The summed E-state index contributed by atoms with van der Waals surface area (Å²) < 4.78 is 0. The van der Waals surface area contributed by atoms with Gasteiger partial charge in [0, 0.05) is 0 Å². The predicted molar refractivity (Wildman–Crippen MR) is 82.4 cm³/mol. The van der Waals surface area contributed by atoms with Crippen molar-refractivity contribution in [3.05, 3.63) is 0 Å². The minimum atomic E-state index is -0.0197. The molecule has 7 atom stereocenters. The molecule has 0 spiro atoms. The van der Waals surface area contributed by atoms with Crippen molar-refractivity contribution in [2.45, 2.75) is 84.2 Å². The lowest BCUT2D eigenvalue weighted by Crippen LogP contribution is -2.56. The van der Waals surface area contributed by atoms with E-state index in [0.717, 1.165) is 30.1 Å². The number of fused-ring (bicyclic) bond motifs is 5. The highest BCUT2D eigenvalue weighted by Crippen LogP contribution is 2.66. The van der Waals surface area contributed by atoms with Gasteiger partial charge in [-0.25, -0.2) is 0 Å². The molecule has 1 N–H and O–H groups in total. The number of aliphatic hydroxyl groups is 1. The average Bonchev–Trinajstić information content (AvgIpc) is 2.83. The van der Waals surface area contributed by atoms with Crippen LogP contribution in [0.4, 0.5) is 0 Å². The van der Waals surface area contributed by atoms with Crippen LogP contribution < -0.4 is 0 Å².